The summed E-state index contributed by atoms with van der Waals surface area (Å²) >= 11 is 0. The second-order valence-corrected chi connectivity index (χ2v) is 5.54. The lowest BCUT2D eigenvalue weighted by Crippen LogP contribution is -2.16. The maximum atomic E-state index is 11.9. The number of aromatic amines is 1. The molecule has 0 amide bonds. The van der Waals surface area contributed by atoms with Gasteiger partial charge in [-0.2, -0.15) is 5.10 Å². The summed E-state index contributed by atoms with van der Waals surface area (Å²) in [4.78, 5) is 0. The lowest BCUT2D eigenvalue weighted by atomic mass is 10.2. The van der Waals surface area contributed by atoms with Gasteiger partial charge in [0.1, 0.15) is 5.82 Å². The zero-order valence-corrected chi connectivity index (χ0v) is 10.4. The van der Waals surface area contributed by atoms with Gasteiger partial charge < -0.3 is 5.73 Å². The highest BCUT2D eigenvalue weighted by Crippen LogP contribution is 2.14. The quantitative estimate of drug-likeness (QED) is 0.745. The van der Waals surface area contributed by atoms with Gasteiger partial charge in [0.25, 0.3) is 0 Å². The second-order valence-electron chi connectivity index (χ2n) is 3.82. The molecule has 0 fully saturated rings. The van der Waals surface area contributed by atoms with Crippen molar-refractivity contribution in [3.05, 3.63) is 47.7 Å². The summed E-state index contributed by atoms with van der Waals surface area (Å²) < 4.78 is 26.3. The highest BCUT2D eigenvalue weighted by Gasteiger charge is 2.14. The summed E-state index contributed by atoms with van der Waals surface area (Å²) in [5.74, 6) is 0.241. The van der Waals surface area contributed by atoms with Crippen LogP contribution in [0.25, 0.3) is 0 Å². The van der Waals surface area contributed by atoms with E-state index in [-0.39, 0.29) is 12.3 Å². The number of hydrogen-bond donors (Lipinski definition) is 3. The van der Waals surface area contributed by atoms with E-state index < -0.39 is 10.0 Å². The van der Waals surface area contributed by atoms with Crippen molar-refractivity contribution >= 4 is 15.8 Å². The Labute approximate surface area is 105 Å². The number of H-pyrrole nitrogens is 1. The van der Waals surface area contributed by atoms with Crippen LogP contribution in [0.1, 0.15) is 11.1 Å². The molecule has 0 spiro atoms. The van der Waals surface area contributed by atoms with Gasteiger partial charge in [-0.05, 0) is 5.56 Å². The normalized spacial score (nSPS) is 11.4. The third-order valence-corrected chi connectivity index (χ3v) is 3.62. The number of nitrogens with one attached hydrogen (secondary N) is 2. The number of hydrogen-bond acceptors (Lipinski definition) is 4. The van der Waals surface area contributed by atoms with Crippen LogP contribution in [-0.2, 0) is 22.3 Å². The van der Waals surface area contributed by atoms with Crippen molar-refractivity contribution in [3.8, 4) is 0 Å². The second kappa shape index (κ2) is 5.19. The van der Waals surface area contributed by atoms with E-state index in [4.69, 9.17) is 5.73 Å². The summed E-state index contributed by atoms with van der Waals surface area (Å²) in [5, 5.41) is 6.33. The standard InChI is InChI=1S/C11H14N4O2S/c12-6-10-7-13-14-11(10)15-18(16,17)8-9-4-2-1-3-5-9/h1-5,7H,6,8,12H2,(H2,13,14,15). The fourth-order valence-electron chi connectivity index (χ4n) is 1.54. The van der Waals surface area contributed by atoms with E-state index in [2.05, 4.69) is 14.9 Å². The molecule has 18 heavy (non-hydrogen) atoms. The lowest BCUT2D eigenvalue weighted by Gasteiger charge is -2.07. The fourth-order valence-corrected chi connectivity index (χ4v) is 2.73. The number of rotatable bonds is 5. The van der Waals surface area contributed by atoms with Crippen LogP contribution >= 0.6 is 0 Å². The molecule has 6 nitrogen and oxygen atoms in total. The minimum Gasteiger partial charge on any atom is -0.326 e. The summed E-state index contributed by atoms with van der Waals surface area (Å²) in [6.07, 6.45) is 1.50. The largest absolute Gasteiger partial charge is 0.326 e. The van der Waals surface area contributed by atoms with Crippen LogP contribution in [0.15, 0.2) is 36.5 Å². The Hall–Kier alpha value is -1.86. The Morgan fingerprint density at radius 1 is 1.28 bits per heavy atom. The van der Waals surface area contributed by atoms with Gasteiger partial charge >= 0.3 is 0 Å². The Morgan fingerprint density at radius 3 is 2.67 bits per heavy atom. The van der Waals surface area contributed by atoms with E-state index in [1.54, 1.807) is 24.3 Å². The number of sulfonamides is 1. The number of nitrogens with zero attached hydrogens (tertiary/aromatic N) is 1. The summed E-state index contributed by atoms with van der Waals surface area (Å²) in [6.45, 7) is 0.222. The van der Waals surface area contributed by atoms with Gasteiger partial charge in [-0.25, -0.2) is 8.42 Å². The van der Waals surface area contributed by atoms with Crippen LogP contribution in [0.2, 0.25) is 0 Å². The van der Waals surface area contributed by atoms with Crippen LogP contribution in [0, 0.1) is 0 Å². The molecule has 0 aliphatic carbocycles. The topological polar surface area (TPSA) is 101 Å². The maximum Gasteiger partial charge on any atom is 0.238 e. The molecule has 96 valence electrons. The van der Waals surface area contributed by atoms with E-state index in [0.717, 1.165) is 5.56 Å². The molecule has 1 heterocycles. The average Bonchev–Trinajstić information content (AvgIpc) is 2.76. The van der Waals surface area contributed by atoms with Crippen molar-refractivity contribution in [1.29, 1.82) is 0 Å². The Kier molecular flexibility index (Phi) is 3.63. The molecule has 0 radical (unpaired) electrons. The summed E-state index contributed by atoms with van der Waals surface area (Å²) in [6, 6.07) is 8.95. The van der Waals surface area contributed by atoms with Gasteiger partial charge in [0.05, 0.1) is 11.9 Å². The Morgan fingerprint density at radius 2 is 2.00 bits per heavy atom. The lowest BCUT2D eigenvalue weighted by molar-refractivity contribution is 0.600. The summed E-state index contributed by atoms with van der Waals surface area (Å²) in [5.41, 5.74) is 6.82. The number of aromatic nitrogens is 2. The van der Waals surface area contributed by atoms with Crippen molar-refractivity contribution in [1.82, 2.24) is 10.2 Å². The van der Waals surface area contributed by atoms with Crippen LogP contribution in [-0.4, -0.2) is 18.6 Å². The molecule has 4 N–H and O–H groups in total. The molecule has 7 heteroatoms. The van der Waals surface area contributed by atoms with E-state index in [1.165, 1.54) is 6.20 Å². The van der Waals surface area contributed by atoms with Gasteiger partial charge in [0, 0.05) is 12.1 Å². The highest BCUT2D eigenvalue weighted by atomic mass is 32.2. The van der Waals surface area contributed by atoms with E-state index in [9.17, 15) is 8.42 Å². The van der Waals surface area contributed by atoms with E-state index in [1.807, 2.05) is 6.07 Å². The molecule has 0 atom stereocenters. The molecule has 0 bridgehead atoms. The zero-order chi connectivity index (χ0) is 13.0. The number of anilines is 1. The molecule has 0 aliphatic rings. The Bertz CT molecular complexity index is 607. The maximum absolute atomic E-state index is 11.9. The van der Waals surface area contributed by atoms with Gasteiger partial charge in [0.15, 0.2) is 0 Å². The molecule has 2 aromatic rings. The highest BCUT2D eigenvalue weighted by molar-refractivity contribution is 7.91. The SMILES string of the molecule is NCc1cn[nH]c1NS(=O)(=O)Cc1ccccc1. The molecule has 0 aliphatic heterocycles. The molecular formula is C11H14N4O2S. The first-order valence-corrected chi connectivity index (χ1v) is 7.02. The molecular weight excluding hydrogens is 252 g/mol. The van der Waals surface area contributed by atoms with Crippen molar-refractivity contribution in [2.75, 3.05) is 4.72 Å². The van der Waals surface area contributed by atoms with Gasteiger partial charge in [-0.1, -0.05) is 30.3 Å². The molecule has 2 rings (SSSR count). The van der Waals surface area contributed by atoms with Crippen molar-refractivity contribution in [2.24, 2.45) is 5.73 Å². The number of benzene rings is 1. The zero-order valence-electron chi connectivity index (χ0n) is 9.63. The summed E-state index contributed by atoms with van der Waals surface area (Å²) in [7, 11) is -3.47. The first-order chi connectivity index (χ1) is 8.61. The number of nitrogens with two attached hydrogens (primary N) is 1. The van der Waals surface area contributed by atoms with Crippen LogP contribution in [0.3, 0.4) is 0 Å². The molecule has 0 unspecified atom stereocenters. The third kappa shape index (κ3) is 3.08. The van der Waals surface area contributed by atoms with Crippen LogP contribution in [0.4, 0.5) is 5.82 Å². The van der Waals surface area contributed by atoms with Crippen molar-refractivity contribution < 1.29 is 8.42 Å². The van der Waals surface area contributed by atoms with Gasteiger partial charge in [-0.3, -0.25) is 9.82 Å². The van der Waals surface area contributed by atoms with Crippen molar-refractivity contribution in [3.63, 3.8) is 0 Å². The molecule has 1 aromatic heterocycles. The minimum absolute atomic E-state index is 0.0864. The van der Waals surface area contributed by atoms with Crippen molar-refractivity contribution in [2.45, 2.75) is 12.3 Å². The van der Waals surface area contributed by atoms with Gasteiger partial charge in [-0.15, -0.1) is 0 Å². The van der Waals surface area contributed by atoms with Crippen LogP contribution < -0.4 is 10.5 Å². The predicted octanol–water partition coefficient (Wildman–Crippen LogP) is 0.810. The fraction of sp³-hybridized carbons (Fsp3) is 0.182. The van der Waals surface area contributed by atoms with Gasteiger partial charge in [0.2, 0.25) is 10.0 Å². The third-order valence-electron chi connectivity index (χ3n) is 2.39. The average molecular weight is 266 g/mol. The molecule has 0 saturated carbocycles. The smallest absolute Gasteiger partial charge is 0.238 e. The predicted molar refractivity (Wildman–Crippen MR) is 69.2 cm³/mol. The molecule has 0 saturated heterocycles. The Balaban J connectivity index is 2.13. The van der Waals surface area contributed by atoms with E-state index >= 15 is 0 Å². The first-order valence-electron chi connectivity index (χ1n) is 5.37. The minimum atomic E-state index is -3.47. The first kappa shape index (κ1) is 12.6. The monoisotopic (exact) mass is 266 g/mol. The molecule has 1 aromatic carbocycles. The van der Waals surface area contributed by atoms with E-state index in [0.29, 0.717) is 11.4 Å². The van der Waals surface area contributed by atoms with Crippen LogP contribution in [0.5, 0.6) is 0 Å².